The van der Waals surface area contributed by atoms with Gasteiger partial charge in [0.2, 0.25) is 0 Å². The number of hydrogen-bond donors (Lipinski definition) is 2. The van der Waals surface area contributed by atoms with Crippen molar-refractivity contribution >= 4 is 5.71 Å². The Morgan fingerprint density at radius 2 is 1.64 bits per heavy atom. The third kappa shape index (κ3) is 2.25. The van der Waals surface area contributed by atoms with Crippen LogP contribution in [0.2, 0.25) is 0 Å². The van der Waals surface area contributed by atoms with Gasteiger partial charge in [0.05, 0.1) is 5.71 Å². The predicted molar refractivity (Wildman–Crippen MR) is 55.9 cm³/mol. The highest BCUT2D eigenvalue weighted by Crippen LogP contribution is 2.22. The highest BCUT2D eigenvalue weighted by atomic mass is 16.4. The van der Waals surface area contributed by atoms with E-state index in [1.807, 2.05) is 20.8 Å². The molecule has 1 aromatic carbocycles. The van der Waals surface area contributed by atoms with Crippen molar-refractivity contribution in [2.75, 3.05) is 0 Å². The minimum atomic E-state index is -0.217. The fraction of sp³-hybridized carbons (Fsp3) is 0.364. The van der Waals surface area contributed by atoms with Gasteiger partial charge in [-0.25, -0.2) is 0 Å². The van der Waals surface area contributed by atoms with Crippen LogP contribution < -0.4 is 0 Å². The molecule has 2 N–H and O–H groups in total. The zero-order chi connectivity index (χ0) is 10.8. The van der Waals surface area contributed by atoms with E-state index in [0.29, 0.717) is 5.71 Å². The Hall–Kier alpha value is -1.51. The van der Waals surface area contributed by atoms with Gasteiger partial charge in [-0.1, -0.05) is 25.9 Å². The molecule has 0 atom stereocenters. The van der Waals surface area contributed by atoms with E-state index >= 15 is 0 Å². The number of phenolic OH excluding ortho intramolecular Hbond substituents is 1. The molecule has 14 heavy (non-hydrogen) atoms. The summed E-state index contributed by atoms with van der Waals surface area (Å²) in [6.07, 6.45) is 0. The maximum atomic E-state index is 9.11. The first-order valence-corrected chi connectivity index (χ1v) is 4.47. The van der Waals surface area contributed by atoms with Crippen molar-refractivity contribution in [2.45, 2.75) is 20.8 Å². The summed E-state index contributed by atoms with van der Waals surface area (Å²) in [4.78, 5) is 0. The monoisotopic (exact) mass is 193 g/mol. The third-order valence-corrected chi connectivity index (χ3v) is 1.95. The molecule has 0 unspecified atom stereocenters. The lowest BCUT2D eigenvalue weighted by Crippen LogP contribution is -2.21. The number of rotatable bonds is 1. The quantitative estimate of drug-likeness (QED) is 0.409. The second-order valence-corrected chi connectivity index (χ2v) is 4.25. The molecule has 0 aliphatic carbocycles. The van der Waals surface area contributed by atoms with Gasteiger partial charge in [-0.3, -0.25) is 0 Å². The molecule has 0 spiro atoms. The van der Waals surface area contributed by atoms with E-state index < -0.39 is 0 Å². The van der Waals surface area contributed by atoms with Gasteiger partial charge in [0.1, 0.15) is 5.75 Å². The summed E-state index contributed by atoms with van der Waals surface area (Å²) in [5, 5.41) is 21.3. The summed E-state index contributed by atoms with van der Waals surface area (Å²) in [5.41, 5.74) is 1.21. The Labute approximate surface area is 83.7 Å². The topological polar surface area (TPSA) is 52.8 Å². The maximum absolute atomic E-state index is 9.11. The number of hydrogen-bond acceptors (Lipinski definition) is 3. The van der Waals surface area contributed by atoms with E-state index in [9.17, 15) is 0 Å². The summed E-state index contributed by atoms with van der Waals surface area (Å²) in [5.74, 6) is 0.208. The molecular weight excluding hydrogens is 178 g/mol. The Bertz CT molecular complexity index is 333. The van der Waals surface area contributed by atoms with Crippen molar-refractivity contribution in [3.63, 3.8) is 0 Å². The molecule has 3 nitrogen and oxygen atoms in total. The first-order valence-electron chi connectivity index (χ1n) is 4.47. The number of benzene rings is 1. The zero-order valence-corrected chi connectivity index (χ0v) is 8.65. The fourth-order valence-electron chi connectivity index (χ4n) is 1.26. The van der Waals surface area contributed by atoms with Gasteiger partial charge in [0.15, 0.2) is 0 Å². The Morgan fingerprint density at radius 3 is 2.00 bits per heavy atom. The number of oxime groups is 1. The van der Waals surface area contributed by atoms with Crippen molar-refractivity contribution < 1.29 is 10.3 Å². The van der Waals surface area contributed by atoms with E-state index in [0.717, 1.165) is 5.56 Å². The normalized spacial score (nSPS) is 12.9. The highest BCUT2D eigenvalue weighted by Gasteiger charge is 2.21. The lowest BCUT2D eigenvalue weighted by atomic mass is 9.86. The molecular formula is C11H15NO2. The van der Waals surface area contributed by atoms with Crippen molar-refractivity contribution in [2.24, 2.45) is 10.6 Å². The molecule has 0 amide bonds. The highest BCUT2D eigenvalue weighted by molar-refractivity contribution is 6.03. The SMILES string of the molecule is CC(C)(C)C(=NO)c1ccc(O)cc1. The molecule has 0 saturated heterocycles. The summed E-state index contributed by atoms with van der Waals surface area (Å²) in [6, 6.07) is 6.61. The summed E-state index contributed by atoms with van der Waals surface area (Å²) in [6.45, 7) is 5.90. The molecule has 1 aromatic rings. The first-order chi connectivity index (χ1) is 6.45. The van der Waals surface area contributed by atoms with Crippen LogP contribution in [0.15, 0.2) is 29.4 Å². The van der Waals surface area contributed by atoms with Crippen molar-refractivity contribution in [1.29, 1.82) is 0 Å². The second kappa shape index (κ2) is 3.70. The van der Waals surface area contributed by atoms with Crippen molar-refractivity contribution in [3.05, 3.63) is 29.8 Å². The summed E-state index contributed by atoms with van der Waals surface area (Å²) < 4.78 is 0. The van der Waals surface area contributed by atoms with E-state index in [1.54, 1.807) is 24.3 Å². The molecule has 0 aliphatic rings. The number of aromatic hydroxyl groups is 1. The van der Waals surface area contributed by atoms with Crippen LogP contribution in [0.3, 0.4) is 0 Å². The van der Waals surface area contributed by atoms with Crippen LogP contribution in [0.4, 0.5) is 0 Å². The average Bonchev–Trinajstić information content (AvgIpc) is 2.07. The smallest absolute Gasteiger partial charge is 0.115 e. The van der Waals surface area contributed by atoms with Crippen molar-refractivity contribution in [1.82, 2.24) is 0 Å². The van der Waals surface area contributed by atoms with Gasteiger partial charge in [-0.15, -0.1) is 0 Å². The van der Waals surface area contributed by atoms with Crippen LogP contribution in [-0.2, 0) is 0 Å². The minimum Gasteiger partial charge on any atom is -0.508 e. The standard InChI is InChI=1S/C11H15NO2/c1-11(2,3)10(12-14)8-4-6-9(13)7-5-8/h4-7,13-14H,1-3H3. The van der Waals surface area contributed by atoms with E-state index in [2.05, 4.69) is 5.16 Å². The number of phenols is 1. The molecule has 0 saturated carbocycles. The van der Waals surface area contributed by atoms with Gasteiger partial charge in [-0.05, 0) is 24.3 Å². The lowest BCUT2D eigenvalue weighted by Gasteiger charge is -2.19. The maximum Gasteiger partial charge on any atom is 0.115 e. The molecule has 0 aliphatic heterocycles. The predicted octanol–water partition coefficient (Wildman–Crippen LogP) is 2.62. The van der Waals surface area contributed by atoms with Crippen LogP contribution in [0.5, 0.6) is 5.75 Å². The zero-order valence-electron chi connectivity index (χ0n) is 8.65. The van der Waals surface area contributed by atoms with Crippen LogP contribution in [-0.4, -0.2) is 16.0 Å². The van der Waals surface area contributed by atoms with Gasteiger partial charge < -0.3 is 10.3 Å². The first kappa shape index (κ1) is 10.6. The van der Waals surface area contributed by atoms with Crippen molar-refractivity contribution in [3.8, 4) is 5.75 Å². The minimum absolute atomic E-state index is 0.208. The van der Waals surface area contributed by atoms with Crippen LogP contribution in [0, 0.1) is 5.41 Å². The molecule has 0 bridgehead atoms. The van der Waals surface area contributed by atoms with Crippen LogP contribution in [0.1, 0.15) is 26.3 Å². The average molecular weight is 193 g/mol. The van der Waals surface area contributed by atoms with Crippen LogP contribution >= 0.6 is 0 Å². The fourth-order valence-corrected chi connectivity index (χ4v) is 1.26. The number of nitrogens with zero attached hydrogens (tertiary/aromatic N) is 1. The molecule has 0 fully saturated rings. The molecule has 0 aromatic heterocycles. The van der Waals surface area contributed by atoms with Gasteiger partial charge in [-0.2, -0.15) is 0 Å². The molecule has 0 heterocycles. The largest absolute Gasteiger partial charge is 0.508 e. The second-order valence-electron chi connectivity index (χ2n) is 4.25. The van der Waals surface area contributed by atoms with Gasteiger partial charge in [0.25, 0.3) is 0 Å². The van der Waals surface area contributed by atoms with Crippen LogP contribution in [0.25, 0.3) is 0 Å². The van der Waals surface area contributed by atoms with Gasteiger partial charge >= 0.3 is 0 Å². The Kier molecular flexibility index (Phi) is 2.79. The summed E-state index contributed by atoms with van der Waals surface area (Å²) in [7, 11) is 0. The molecule has 0 radical (unpaired) electrons. The molecule has 1 rings (SSSR count). The summed E-state index contributed by atoms with van der Waals surface area (Å²) >= 11 is 0. The molecule has 76 valence electrons. The van der Waals surface area contributed by atoms with E-state index in [-0.39, 0.29) is 11.2 Å². The van der Waals surface area contributed by atoms with E-state index in [1.165, 1.54) is 0 Å². The lowest BCUT2D eigenvalue weighted by molar-refractivity contribution is 0.311. The van der Waals surface area contributed by atoms with Gasteiger partial charge in [0, 0.05) is 11.0 Å². The third-order valence-electron chi connectivity index (χ3n) is 1.95. The molecule has 3 heteroatoms. The Balaban J connectivity index is 3.10. The van der Waals surface area contributed by atoms with E-state index in [4.69, 9.17) is 10.3 Å². The Morgan fingerprint density at radius 1 is 1.14 bits per heavy atom.